The van der Waals surface area contributed by atoms with Gasteiger partial charge in [0.2, 0.25) is 0 Å². The first-order valence-electron chi connectivity index (χ1n) is 5.40. The van der Waals surface area contributed by atoms with Crippen LogP contribution < -0.4 is 9.47 Å². The fraction of sp³-hybridized carbons (Fsp3) is 0.462. The second kappa shape index (κ2) is 5.54. The lowest BCUT2D eigenvalue weighted by Gasteiger charge is -2.14. The van der Waals surface area contributed by atoms with Crippen LogP contribution >= 0.6 is 0 Å². The summed E-state index contributed by atoms with van der Waals surface area (Å²) in [6, 6.07) is 5.36. The Bertz CT molecular complexity index is 371. The van der Waals surface area contributed by atoms with E-state index in [-0.39, 0.29) is 11.7 Å². The fourth-order valence-electron chi connectivity index (χ4n) is 1.53. The van der Waals surface area contributed by atoms with Gasteiger partial charge in [-0.15, -0.1) is 0 Å². The minimum atomic E-state index is 0.000932. The maximum absolute atomic E-state index is 12.1. The molecule has 1 rings (SSSR count). The molecule has 0 saturated heterocycles. The van der Waals surface area contributed by atoms with Gasteiger partial charge < -0.3 is 9.47 Å². The van der Waals surface area contributed by atoms with Gasteiger partial charge in [-0.3, -0.25) is 4.79 Å². The van der Waals surface area contributed by atoms with Crippen molar-refractivity contribution in [3.8, 4) is 11.5 Å². The summed E-state index contributed by atoms with van der Waals surface area (Å²) < 4.78 is 10.4. The summed E-state index contributed by atoms with van der Waals surface area (Å²) in [7, 11) is 3.11. The smallest absolute Gasteiger partial charge is 0.171 e. The molecule has 0 heterocycles. The van der Waals surface area contributed by atoms with Crippen LogP contribution in [0, 0.1) is 5.92 Å². The second-order valence-electron chi connectivity index (χ2n) is 3.71. The molecule has 1 aromatic rings. The molecule has 1 aromatic carbocycles. The monoisotopic (exact) mass is 222 g/mol. The molecule has 0 aliphatic heterocycles. The van der Waals surface area contributed by atoms with E-state index in [4.69, 9.17) is 9.47 Å². The first-order chi connectivity index (χ1) is 7.65. The summed E-state index contributed by atoms with van der Waals surface area (Å²) in [6.07, 6.45) is 0.819. The molecular weight excluding hydrogens is 204 g/mol. The third-order valence-corrected chi connectivity index (χ3v) is 2.73. The highest BCUT2D eigenvalue weighted by Gasteiger charge is 2.19. The van der Waals surface area contributed by atoms with Crippen molar-refractivity contribution in [3.63, 3.8) is 0 Å². The number of ether oxygens (including phenoxy) is 2. The van der Waals surface area contributed by atoms with Crippen molar-refractivity contribution in [2.75, 3.05) is 14.2 Å². The molecule has 3 nitrogen and oxygen atoms in total. The number of para-hydroxylation sites is 1. The van der Waals surface area contributed by atoms with Crippen molar-refractivity contribution in [3.05, 3.63) is 23.8 Å². The Labute approximate surface area is 96.4 Å². The molecule has 0 aliphatic rings. The van der Waals surface area contributed by atoms with Gasteiger partial charge >= 0.3 is 0 Å². The van der Waals surface area contributed by atoms with Crippen molar-refractivity contribution in [1.29, 1.82) is 0 Å². The fourth-order valence-corrected chi connectivity index (χ4v) is 1.53. The van der Waals surface area contributed by atoms with Crippen LogP contribution in [0.1, 0.15) is 30.6 Å². The Morgan fingerprint density at radius 1 is 1.31 bits per heavy atom. The van der Waals surface area contributed by atoms with Gasteiger partial charge in [-0.2, -0.15) is 0 Å². The maximum Gasteiger partial charge on any atom is 0.171 e. The average Bonchev–Trinajstić information content (AvgIpc) is 2.35. The van der Waals surface area contributed by atoms with Gasteiger partial charge in [0.05, 0.1) is 19.8 Å². The number of hydrogen-bond donors (Lipinski definition) is 0. The van der Waals surface area contributed by atoms with Crippen LogP contribution in [0.15, 0.2) is 18.2 Å². The highest BCUT2D eigenvalue weighted by atomic mass is 16.5. The standard InChI is InChI=1S/C13H18O3/c1-5-9(2)12(14)10-7-6-8-11(15-3)13(10)16-4/h6-9H,5H2,1-4H3. The Morgan fingerprint density at radius 2 is 2.00 bits per heavy atom. The molecule has 3 heteroatoms. The van der Waals surface area contributed by atoms with E-state index in [1.807, 2.05) is 13.8 Å². The molecule has 0 amide bonds. The number of methoxy groups -OCH3 is 2. The molecule has 0 radical (unpaired) electrons. The first-order valence-corrected chi connectivity index (χ1v) is 5.40. The maximum atomic E-state index is 12.1. The highest BCUT2D eigenvalue weighted by Crippen LogP contribution is 2.32. The largest absolute Gasteiger partial charge is 0.493 e. The molecule has 0 N–H and O–H groups in total. The molecule has 0 aromatic heterocycles. The van der Waals surface area contributed by atoms with Gasteiger partial charge in [0.25, 0.3) is 0 Å². The number of rotatable bonds is 5. The van der Waals surface area contributed by atoms with Gasteiger partial charge in [-0.1, -0.05) is 19.9 Å². The molecule has 16 heavy (non-hydrogen) atoms. The molecule has 0 aliphatic carbocycles. The molecule has 0 spiro atoms. The van der Waals surface area contributed by atoms with Crippen LogP contribution in [-0.4, -0.2) is 20.0 Å². The molecule has 0 fully saturated rings. The van der Waals surface area contributed by atoms with Gasteiger partial charge in [-0.05, 0) is 18.6 Å². The third-order valence-electron chi connectivity index (χ3n) is 2.73. The molecule has 1 atom stereocenters. The SMILES string of the molecule is CCC(C)C(=O)c1cccc(OC)c1OC. The molecule has 0 bridgehead atoms. The number of benzene rings is 1. The minimum Gasteiger partial charge on any atom is -0.493 e. The van der Waals surface area contributed by atoms with Crippen molar-refractivity contribution >= 4 is 5.78 Å². The van der Waals surface area contributed by atoms with E-state index in [0.29, 0.717) is 17.1 Å². The molecule has 1 unspecified atom stereocenters. The zero-order valence-electron chi connectivity index (χ0n) is 10.2. The van der Waals surface area contributed by atoms with Crippen LogP contribution in [0.25, 0.3) is 0 Å². The van der Waals surface area contributed by atoms with E-state index in [9.17, 15) is 4.79 Å². The zero-order chi connectivity index (χ0) is 12.1. The minimum absolute atomic E-state index is 0.000932. The predicted molar refractivity (Wildman–Crippen MR) is 63.3 cm³/mol. The predicted octanol–water partition coefficient (Wildman–Crippen LogP) is 2.93. The normalized spacial score (nSPS) is 12.0. The number of ketones is 1. The number of carbonyl (C=O) groups excluding carboxylic acids is 1. The van der Waals surface area contributed by atoms with Crippen LogP contribution in [0.5, 0.6) is 11.5 Å². The van der Waals surface area contributed by atoms with Crippen LogP contribution in [0.2, 0.25) is 0 Å². The average molecular weight is 222 g/mol. The Hall–Kier alpha value is -1.51. The summed E-state index contributed by atoms with van der Waals surface area (Å²) in [5.41, 5.74) is 0.594. The van der Waals surface area contributed by atoms with E-state index in [2.05, 4.69) is 0 Å². The summed E-state index contributed by atoms with van der Waals surface area (Å²) in [6.45, 7) is 3.91. The van der Waals surface area contributed by atoms with Crippen molar-refractivity contribution in [2.45, 2.75) is 20.3 Å². The van der Waals surface area contributed by atoms with E-state index in [1.165, 1.54) is 0 Å². The molecule has 88 valence electrons. The van der Waals surface area contributed by atoms with E-state index >= 15 is 0 Å². The van der Waals surface area contributed by atoms with E-state index in [0.717, 1.165) is 6.42 Å². The number of carbonyl (C=O) groups is 1. The number of Topliss-reactive ketones (excluding diaryl/α,β-unsaturated/α-hetero) is 1. The third kappa shape index (κ3) is 2.35. The quantitative estimate of drug-likeness (QED) is 0.718. The summed E-state index contributed by atoms with van der Waals surface area (Å²) >= 11 is 0. The Balaban J connectivity index is 3.17. The lowest BCUT2D eigenvalue weighted by Crippen LogP contribution is -2.12. The molecular formula is C13H18O3. The lowest BCUT2D eigenvalue weighted by molar-refractivity contribution is 0.0923. The summed E-state index contributed by atoms with van der Waals surface area (Å²) in [5, 5.41) is 0. The van der Waals surface area contributed by atoms with Crippen molar-refractivity contribution in [1.82, 2.24) is 0 Å². The lowest BCUT2D eigenvalue weighted by atomic mass is 9.96. The van der Waals surface area contributed by atoms with Crippen LogP contribution in [0.3, 0.4) is 0 Å². The highest BCUT2D eigenvalue weighted by molar-refractivity contribution is 6.00. The number of hydrogen-bond acceptors (Lipinski definition) is 3. The zero-order valence-corrected chi connectivity index (χ0v) is 10.2. The van der Waals surface area contributed by atoms with Crippen molar-refractivity contribution in [2.24, 2.45) is 5.92 Å². The Kier molecular flexibility index (Phi) is 4.35. The van der Waals surface area contributed by atoms with Gasteiger partial charge in [0.1, 0.15) is 0 Å². The Morgan fingerprint density at radius 3 is 2.50 bits per heavy atom. The van der Waals surface area contributed by atoms with Gasteiger partial charge in [0.15, 0.2) is 17.3 Å². The summed E-state index contributed by atoms with van der Waals surface area (Å²) in [4.78, 5) is 12.1. The molecule has 0 saturated carbocycles. The summed E-state index contributed by atoms with van der Waals surface area (Å²) in [5.74, 6) is 1.21. The van der Waals surface area contributed by atoms with E-state index in [1.54, 1.807) is 32.4 Å². The van der Waals surface area contributed by atoms with Gasteiger partial charge in [0, 0.05) is 5.92 Å². The van der Waals surface area contributed by atoms with E-state index < -0.39 is 0 Å². The van der Waals surface area contributed by atoms with Crippen LogP contribution in [-0.2, 0) is 0 Å². The van der Waals surface area contributed by atoms with Crippen LogP contribution in [0.4, 0.5) is 0 Å². The van der Waals surface area contributed by atoms with Crippen molar-refractivity contribution < 1.29 is 14.3 Å². The first kappa shape index (κ1) is 12.6. The topological polar surface area (TPSA) is 35.5 Å². The van der Waals surface area contributed by atoms with Gasteiger partial charge in [-0.25, -0.2) is 0 Å². The second-order valence-corrected chi connectivity index (χ2v) is 3.71.